The second-order valence-electron chi connectivity index (χ2n) is 4.53. The molecule has 3 aromatic rings. The number of fused-ring (bicyclic) bond motifs is 1. The van der Waals surface area contributed by atoms with Crippen LogP contribution in [-0.2, 0) is 0 Å². The quantitative estimate of drug-likeness (QED) is 0.628. The van der Waals surface area contributed by atoms with Gasteiger partial charge in [-0.2, -0.15) is 0 Å². The summed E-state index contributed by atoms with van der Waals surface area (Å²) in [6.07, 6.45) is 0. The molecule has 0 atom stereocenters. The van der Waals surface area contributed by atoms with Gasteiger partial charge in [0, 0.05) is 21.2 Å². The van der Waals surface area contributed by atoms with Gasteiger partial charge in [0.25, 0.3) is 0 Å². The summed E-state index contributed by atoms with van der Waals surface area (Å²) in [5.41, 5.74) is 1.83. The van der Waals surface area contributed by atoms with Crippen molar-refractivity contribution in [3.63, 3.8) is 0 Å². The van der Waals surface area contributed by atoms with E-state index in [9.17, 15) is 4.79 Å². The van der Waals surface area contributed by atoms with Crippen molar-refractivity contribution in [2.24, 2.45) is 0 Å². The van der Waals surface area contributed by atoms with E-state index in [4.69, 9.17) is 27.6 Å². The fourth-order valence-electron chi connectivity index (χ4n) is 2.14. The first kappa shape index (κ1) is 13.2. The lowest BCUT2D eigenvalue weighted by molar-refractivity contribution is 0.614. The van der Waals surface area contributed by atoms with Crippen molar-refractivity contribution in [2.75, 3.05) is 0 Å². The minimum atomic E-state index is -0.0706. The van der Waals surface area contributed by atoms with E-state index < -0.39 is 0 Å². The largest absolute Gasteiger partial charge is 0.456 e. The molecule has 0 amide bonds. The zero-order chi connectivity index (χ0) is 14.3. The predicted octanol–water partition coefficient (Wildman–Crippen LogP) is 5.08. The maximum absolute atomic E-state index is 12.4. The second-order valence-corrected chi connectivity index (χ2v) is 5.41. The molecule has 100 valence electrons. The van der Waals surface area contributed by atoms with Crippen molar-refractivity contribution in [2.45, 2.75) is 6.92 Å². The van der Waals surface area contributed by atoms with Gasteiger partial charge in [0.05, 0.1) is 5.39 Å². The van der Waals surface area contributed by atoms with Crippen molar-refractivity contribution in [3.05, 3.63) is 68.3 Å². The van der Waals surface area contributed by atoms with Gasteiger partial charge in [-0.25, -0.2) is 0 Å². The van der Waals surface area contributed by atoms with Crippen LogP contribution in [0.1, 0.15) is 5.56 Å². The average Bonchev–Trinajstić information content (AvgIpc) is 2.44. The first-order valence-corrected chi connectivity index (χ1v) is 6.81. The van der Waals surface area contributed by atoms with E-state index in [-0.39, 0.29) is 5.43 Å². The minimum absolute atomic E-state index is 0.0706. The molecule has 20 heavy (non-hydrogen) atoms. The van der Waals surface area contributed by atoms with Gasteiger partial charge in [0.2, 0.25) is 0 Å². The zero-order valence-corrected chi connectivity index (χ0v) is 12.1. The van der Waals surface area contributed by atoms with Crippen LogP contribution < -0.4 is 5.43 Å². The molecule has 0 fully saturated rings. The Bertz CT molecular complexity index is 849. The number of hydrogen-bond acceptors (Lipinski definition) is 2. The summed E-state index contributed by atoms with van der Waals surface area (Å²) in [6.45, 7) is 1.75. The van der Waals surface area contributed by atoms with Crippen molar-refractivity contribution in [1.29, 1.82) is 0 Å². The molecular weight excluding hydrogens is 295 g/mol. The monoisotopic (exact) mass is 304 g/mol. The first-order chi connectivity index (χ1) is 9.56. The van der Waals surface area contributed by atoms with Gasteiger partial charge in [-0.1, -0.05) is 23.2 Å². The summed E-state index contributed by atoms with van der Waals surface area (Å²) in [5.74, 6) is 0.557. The van der Waals surface area contributed by atoms with Crippen LogP contribution in [0, 0.1) is 6.92 Å². The highest BCUT2D eigenvalue weighted by molar-refractivity contribution is 6.31. The molecule has 1 heterocycles. The molecule has 0 aliphatic rings. The van der Waals surface area contributed by atoms with Crippen LogP contribution in [0.2, 0.25) is 10.0 Å². The molecule has 0 aliphatic heterocycles. The zero-order valence-electron chi connectivity index (χ0n) is 10.6. The van der Waals surface area contributed by atoms with E-state index in [1.54, 1.807) is 37.3 Å². The molecule has 2 nitrogen and oxygen atoms in total. The Morgan fingerprint density at radius 3 is 2.30 bits per heavy atom. The summed E-state index contributed by atoms with van der Waals surface area (Å²) in [7, 11) is 0. The van der Waals surface area contributed by atoms with Gasteiger partial charge < -0.3 is 4.42 Å². The van der Waals surface area contributed by atoms with E-state index in [1.165, 1.54) is 0 Å². The lowest BCUT2D eigenvalue weighted by Crippen LogP contribution is -2.07. The third-order valence-electron chi connectivity index (χ3n) is 3.19. The molecule has 4 heteroatoms. The Kier molecular flexibility index (Phi) is 3.28. The number of halogens is 2. The highest BCUT2D eigenvalue weighted by Crippen LogP contribution is 2.27. The topological polar surface area (TPSA) is 30.2 Å². The second kappa shape index (κ2) is 4.97. The molecule has 0 aliphatic carbocycles. The molecule has 0 bridgehead atoms. The van der Waals surface area contributed by atoms with Crippen LogP contribution in [0.4, 0.5) is 0 Å². The number of benzene rings is 2. The highest BCUT2D eigenvalue weighted by Gasteiger charge is 2.12. The number of rotatable bonds is 1. The smallest absolute Gasteiger partial charge is 0.196 e. The number of hydrogen-bond donors (Lipinski definition) is 0. The molecule has 0 N–H and O–H groups in total. The Morgan fingerprint density at radius 1 is 0.950 bits per heavy atom. The third kappa shape index (κ3) is 2.21. The third-order valence-corrected chi connectivity index (χ3v) is 3.67. The normalized spacial score (nSPS) is 10.9. The Morgan fingerprint density at radius 2 is 1.60 bits per heavy atom. The summed E-state index contributed by atoms with van der Waals surface area (Å²) >= 11 is 11.8. The van der Waals surface area contributed by atoms with Crippen molar-refractivity contribution < 1.29 is 4.42 Å². The predicted molar refractivity (Wildman–Crippen MR) is 82.7 cm³/mol. The van der Waals surface area contributed by atoms with E-state index in [2.05, 4.69) is 0 Å². The Balaban J connectivity index is 2.32. The summed E-state index contributed by atoms with van der Waals surface area (Å²) < 4.78 is 5.85. The maximum atomic E-state index is 12.4. The lowest BCUT2D eigenvalue weighted by Gasteiger charge is -2.07. The maximum Gasteiger partial charge on any atom is 0.196 e. The van der Waals surface area contributed by atoms with Crippen LogP contribution in [0.25, 0.3) is 22.3 Å². The van der Waals surface area contributed by atoms with Gasteiger partial charge in [0.15, 0.2) is 5.43 Å². The standard InChI is InChI=1S/C16H10Cl2O2/c1-9-15(19)13-8-12(18)6-7-14(13)20-16(9)10-2-4-11(17)5-3-10/h2-8H,1H3. The average molecular weight is 305 g/mol. The summed E-state index contributed by atoms with van der Waals surface area (Å²) in [4.78, 5) is 12.4. The highest BCUT2D eigenvalue weighted by atomic mass is 35.5. The van der Waals surface area contributed by atoms with Crippen LogP contribution in [0.3, 0.4) is 0 Å². The summed E-state index contributed by atoms with van der Waals surface area (Å²) in [5, 5.41) is 1.65. The van der Waals surface area contributed by atoms with Crippen LogP contribution in [0.15, 0.2) is 51.7 Å². The Labute approximate surface area is 125 Å². The van der Waals surface area contributed by atoms with E-state index >= 15 is 0 Å². The molecule has 1 aromatic heterocycles. The first-order valence-electron chi connectivity index (χ1n) is 6.05. The van der Waals surface area contributed by atoms with Gasteiger partial charge in [-0.05, 0) is 49.4 Å². The van der Waals surface area contributed by atoms with E-state index in [0.29, 0.717) is 32.3 Å². The fraction of sp³-hybridized carbons (Fsp3) is 0.0625. The molecule has 0 saturated carbocycles. The SMILES string of the molecule is Cc1c(-c2ccc(Cl)cc2)oc2ccc(Cl)cc2c1=O. The minimum Gasteiger partial charge on any atom is -0.456 e. The molecule has 0 spiro atoms. The van der Waals surface area contributed by atoms with Gasteiger partial charge in [-0.3, -0.25) is 4.79 Å². The lowest BCUT2D eigenvalue weighted by atomic mass is 10.1. The molecular formula is C16H10Cl2O2. The Hall–Kier alpha value is -1.77. The fourth-order valence-corrected chi connectivity index (χ4v) is 2.44. The van der Waals surface area contributed by atoms with Crippen LogP contribution in [0.5, 0.6) is 0 Å². The van der Waals surface area contributed by atoms with Crippen LogP contribution in [-0.4, -0.2) is 0 Å². The molecule has 0 saturated heterocycles. The molecule has 2 aromatic carbocycles. The van der Waals surface area contributed by atoms with Crippen molar-refractivity contribution in [3.8, 4) is 11.3 Å². The molecule has 0 radical (unpaired) electrons. The summed E-state index contributed by atoms with van der Waals surface area (Å²) in [6, 6.07) is 12.2. The van der Waals surface area contributed by atoms with Gasteiger partial charge >= 0.3 is 0 Å². The van der Waals surface area contributed by atoms with Crippen molar-refractivity contribution in [1.82, 2.24) is 0 Å². The van der Waals surface area contributed by atoms with E-state index in [0.717, 1.165) is 5.56 Å². The van der Waals surface area contributed by atoms with Crippen LogP contribution >= 0.6 is 23.2 Å². The van der Waals surface area contributed by atoms with Crippen molar-refractivity contribution >= 4 is 34.2 Å². The van der Waals surface area contributed by atoms with E-state index in [1.807, 2.05) is 12.1 Å². The molecule has 3 rings (SSSR count). The van der Waals surface area contributed by atoms with Gasteiger partial charge in [0.1, 0.15) is 11.3 Å². The molecule has 0 unspecified atom stereocenters. The van der Waals surface area contributed by atoms with Gasteiger partial charge in [-0.15, -0.1) is 0 Å².